The maximum atomic E-state index is 13.6. The normalized spacial score (nSPS) is 14.2. The molecule has 3 aromatic carbocycles. The lowest BCUT2D eigenvalue weighted by molar-refractivity contribution is -0.119. The first-order valence-corrected chi connectivity index (χ1v) is 16.1. The second-order valence-corrected chi connectivity index (χ2v) is 13.8. The lowest BCUT2D eigenvalue weighted by Gasteiger charge is -2.26. The summed E-state index contributed by atoms with van der Waals surface area (Å²) < 4.78 is 60.6. The molecule has 0 saturated carbocycles. The minimum atomic E-state index is -4.05. The number of anilines is 1. The van der Waals surface area contributed by atoms with E-state index in [1.807, 2.05) is 6.92 Å². The number of nitrogens with one attached hydrogen (secondary N) is 1. The van der Waals surface area contributed by atoms with E-state index in [2.05, 4.69) is 5.32 Å². The molecule has 4 rings (SSSR count). The molecule has 0 unspecified atom stereocenters. The van der Waals surface area contributed by atoms with E-state index in [1.165, 1.54) is 28.6 Å². The highest BCUT2D eigenvalue weighted by molar-refractivity contribution is 7.92. The smallest absolute Gasteiger partial charge is 0.264 e. The maximum absolute atomic E-state index is 13.6. The van der Waals surface area contributed by atoms with E-state index in [4.69, 9.17) is 16.3 Å². The largest absolute Gasteiger partial charge is 0.492 e. The van der Waals surface area contributed by atoms with Crippen LogP contribution in [0.5, 0.6) is 5.75 Å². The number of rotatable bonds is 11. The number of ether oxygens (including phenoxy) is 1. The van der Waals surface area contributed by atoms with Gasteiger partial charge in [-0.2, -0.15) is 4.31 Å². The topological polar surface area (TPSA) is 113 Å². The van der Waals surface area contributed by atoms with Gasteiger partial charge in [-0.15, -0.1) is 0 Å². The average molecular weight is 606 g/mol. The van der Waals surface area contributed by atoms with E-state index in [-0.39, 0.29) is 22.9 Å². The average Bonchev–Trinajstić information content (AvgIpc) is 3.47. The fraction of sp³-hybridized carbons (Fsp3) is 0.321. The van der Waals surface area contributed by atoms with E-state index < -0.39 is 32.5 Å². The highest BCUT2D eigenvalue weighted by atomic mass is 35.5. The van der Waals surface area contributed by atoms with Crippen molar-refractivity contribution in [1.29, 1.82) is 0 Å². The van der Waals surface area contributed by atoms with E-state index in [0.717, 1.165) is 22.7 Å². The van der Waals surface area contributed by atoms with Gasteiger partial charge in [0.05, 0.1) is 22.0 Å². The standard InChI is InChI=1S/C28H32ClN3O6S2/c1-21-5-10-26(11-6-21)40(36,37)32(27-14-7-23(29)19-22(27)2)20-28(33)30-15-18-38-24-8-12-25(13-9-24)39(34,35)31-16-3-4-17-31/h5-14,19H,3-4,15-18,20H2,1-2H3,(H,30,33). The van der Waals surface area contributed by atoms with Crippen LogP contribution in [0, 0.1) is 13.8 Å². The number of sulfonamides is 2. The van der Waals surface area contributed by atoms with Crippen molar-refractivity contribution in [2.75, 3.05) is 37.1 Å². The Bertz CT molecular complexity index is 1550. The van der Waals surface area contributed by atoms with E-state index >= 15 is 0 Å². The Morgan fingerprint density at radius 3 is 2.17 bits per heavy atom. The van der Waals surface area contributed by atoms with Crippen molar-refractivity contribution in [2.45, 2.75) is 36.5 Å². The number of carbonyl (C=O) groups is 1. The summed E-state index contributed by atoms with van der Waals surface area (Å²) >= 11 is 6.08. The van der Waals surface area contributed by atoms with Gasteiger partial charge in [0.15, 0.2) is 0 Å². The summed E-state index contributed by atoms with van der Waals surface area (Å²) in [6, 6.07) is 17.4. The molecule has 0 aliphatic carbocycles. The van der Waals surface area contributed by atoms with Gasteiger partial charge in [0.2, 0.25) is 15.9 Å². The van der Waals surface area contributed by atoms with Crippen molar-refractivity contribution in [2.24, 2.45) is 0 Å². The van der Waals surface area contributed by atoms with Crippen LogP contribution in [0.1, 0.15) is 24.0 Å². The van der Waals surface area contributed by atoms with E-state index in [1.54, 1.807) is 49.4 Å². The number of hydrogen-bond acceptors (Lipinski definition) is 6. The first kappa shape index (κ1) is 29.9. The third-order valence-electron chi connectivity index (χ3n) is 6.54. The van der Waals surface area contributed by atoms with Gasteiger partial charge in [-0.05, 0) is 86.8 Å². The third-order valence-corrected chi connectivity index (χ3v) is 10.5. The lowest BCUT2D eigenvalue weighted by Crippen LogP contribution is -2.42. The zero-order valence-corrected chi connectivity index (χ0v) is 24.7. The molecule has 0 bridgehead atoms. The van der Waals surface area contributed by atoms with E-state index in [0.29, 0.717) is 35.1 Å². The molecule has 0 spiro atoms. The molecular weight excluding hydrogens is 574 g/mol. The van der Waals surface area contributed by atoms with Crippen molar-refractivity contribution in [3.8, 4) is 5.75 Å². The van der Waals surface area contributed by atoms with Crippen LogP contribution in [0.4, 0.5) is 5.69 Å². The minimum absolute atomic E-state index is 0.0683. The van der Waals surface area contributed by atoms with Gasteiger partial charge >= 0.3 is 0 Å². The zero-order valence-electron chi connectivity index (χ0n) is 22.3. The summed E-state index contributed by atoms with van der Waals surface area (Å²) in [5.74, 6) is -0.0596. The minimum Gasteiger partial charge on any atom is -0.492 e. The monoisotopic (exact) mass is 605 g/mol. The molecule has 1 fully saturated rings. The van der Waals surface area contributed by atoms with Crippen molar-refractivity contribution >= 4 is 43.2 Å². The summed E-state index contributed by atoms with van der Waals surface area (Å²) in [4.78, 5) is 13.1. The van der Waals surface area contributed by atoms with Crippen molar-refractivity contribution in [1.82, 2.24) is 9.62 Å². The molecule has 12 heteroatoms. The Kier molecular flexibility index (Phi) is 9.40. The number of halogens is 1. The van der Waals surface area contributed by atoms with Gasteiger partial charge in [-0.25, -0.2) is 16.8 Å². The first-order valence-electron chi connectivity index (χ1n) is 12.8. The highest BCUT2D eigenvalue weighted by Gasteiger charge is 2.29. The molecule has 1 N–H and O–H groups in total. The Morgan fingerprint density at radius 2 is 1.55 bits per heavy atom. The molecule has 1 heterocycles. The molecule has 1 aliphatic rings. The number of amides is 1. The molecule has 1 aliphatic heterocycles. The van der Waals surface area contributed by atoms with Gasteiger partial charge in [0, 0.05) is 18.1 Å². The fourth-order valence-electron chi connectivity index (χ4n) is 4.37. The number of nitrogens with zero attached hydrogens (tertiary/aromatic N) is 2. The zero-order chi connectivity index (χ0) is 28.9. The van der Waals surface area contributed by atoms with Crippen LogP contribution in [0.3, 0.4) is 0 Å². The Labute approximate surface area is 240 Å². The molecule has 1 saturated heterocycles. The molecule has 40 heavy (non-hydrogen) atoms. The molecular formula is C28H32ClN3O6S2. The van der Waals surface area contributed by atoms with Crippen LogP contribution in [-0.4, -0.2) is 59.8 Å². The van der Waals surface area contributed by atoms with Crippen molar-refractivity contribution < 1.29 is 26.4 Å². The van der Waals surface area contributed by atoms with Crippen molar-refractivity contribution in [3.63, 3.8) is 0 Å². The number of hydrogen-bond donors (Lipinski definition) is 1. The fourth-order valence-corrected chi connectivity index (χ4v) is 7.60. The van der Waals surface area contributed by atoms with Crippen LogP contribution in [0.2, 0.25) is 5.02 Å². The Hall–Kier alpha value is -3.12. The molecule has 214 valence electrons. The Morgan fingerprint density at radius 1 is 0.925 bits per heavy atom. The highest BCUT2D eigenvalue weighted by Crippen LogP contribution is 2.29. The second-order valence-electron chi connectivity index (χ2n) is 9.54. The molecule has 9 nitrogen and oxygen atoms in total. The number of carbonyl (C=O) groups excluding carboxylic acids is 1. The summed E-state index contributed by atoms with van der Waals surface area (Å²) in [7, 11) is -7.56. The molecule has 1 amide bonds. The first-order chi connectivity index (χ1) is 19.0. The SMILES string of the molecule is Cc1ccc(S(=O)(=O)N(CC(=O)NCCOc2ccc(S(=O)(=O)N3CCCC3)cc2)c2ccc(Cl)cc2C)cc1. The summed E-state index contributed by atoms with van der Waals surface area (Å²) in [5, 5.41) is 3.15. The van der Waals surface area contributed by atoms with Gasteiger partial charge < -0.3 is 10.1 Å². The van der Waals surface area contributed by atoms with Gasteiger partial charge in [0.25, 0.3) is 10.0 Å². The Balaban J connectivity index is 1.38. The summed E-state index contributed by atoms with van der Waals surface area (Å²) in [6.07, 6.45) is 1.72. The summed E-state index contributed by atoms with van der Waals surface area (Å²) in [5.41, 5.74) is 1.86. The third kappa shape index (κ3) is 6.95. The van der Waals surface area contributed by atoms with E-state index in [9.17, 15) is 21.6 Å². The van der Waals surface area contributed by atoms with Crippen LogP contribution in [-0.2, 0) is 24.8 Å². The van der Waals surface area contributed by atoms with Crippen LogP contribution < -0.4 is 14.4 Å². The van der Waals surface area contributed by atoms with Gasteiger partial charge in [-0.1, -0.05) is 29.3 Å². The lowest BCUT2D eigenvalue weighted by atomic mass is 10.2. The van der Waals surface area contributed by atoms with Crippen LogP contribution in [0.15, 0.2) is 76.5 Å². The summed E-state index contributed by atoms with van der Waals surface area (Å²) in [6.45, 7) is 4.43. The molecule has 0 aromatic heterocycles. The van der Waals surface area contributed by atoms with Crippen LogP contribution >= 0.6 is 11.6 Å². The quantitative estimate of drug-likeness (QED) is 0.329. The van der Waals surface area contributed by atoms with Crippen molar-refractivity contribution in [3.05, 3.63) is 82.9 Å². The predicted molar refractivity (Wildman–Crippen MR) is 155 cm³/mol. The number of aryl methyl sites for hydroxylation is 2. The number of benzene rings is 3. The molecule has 0 radical (unpaired) electrons. The van der Waals surface area contributed by atoms with Crippen LogP contribution in [0.25, 0.3) is 0 Å². The second kappa shape index (κ2) is 12.6. The van der Waals surface area contributed by atoms with Gasteiger partial charge in [0.1, 0.15) is 18.9 Å². The van der Waals surface area contributed by atoms with Gasteiger partial charge in [-0.3, -0.25) is 9.10 Å². The molecule has 3 aromatic rings. The molecule has 0 atom stereocenters. The predicted octanol–water partition coefficient (Wildman–Crippen LogP) is 4.13. The maximum Gasteiger partial charge on any atom is 0.264 e.